The Morgan fingerprint density at radius 3 is 2.62 bits per heavy atom. The molecule has 0 aliphatic rings. The highest BCUT2D eigenvalue weighted by atomic mass is 79.9. The molecule has 2 aromatic rings. The fourth-order valence-electron chi connectivity index (χ4n) is 1.62. The van der Waals surface area contributed by atoms with Crippen LogP contribution >= 0.6 is 15.9 Å². The third kappa shape index (κ3) is 2.73. The molecule has 1 heterocycles. The predicted octanol–water partition coefficient (Wildman–Crippen LogP) is 3.66. The first-order valence-corrected chi connectivity index (χ1v) is 6.44. The Kier molecular flexibility index (Phi) is 3.78. The number of hydrogen-bond donors (Lipinski definition) is 0. The van der Waals surface area contributed by atoms with Gasteiger partial charge in [0.2, 0.25) is 0 Å². The van der Waals surface area contributed by atoms with Crippen molar-refractivity contribution in [1.29, 1.82) is 0 Å². The SMILES string of the molecule is Cc1ccc(CCc2ocnc2CBr)cc1. The van der Waals surface area contributed by atoms with E-state index in [0.29, 0.717) is 0 Å². The normalized spacial score (nSPS) is 10.6. The van der Waals surface area contributed by atoms with E-state index in [0.717, 1.165) is 29.6 Å². The van der Waals surface area contributed by atoms with Crippen LogP contribution in [0.25, 0.3) is 0 Å². The molecule has 0 aliphatic carbocycles. The second-order valence-corrected chi connectivity index (χ2v) is 4.40. The number of hydrogen-bond acceptors (Lipinski definition) is 2. The van der Waals surface area contributed by atoms with Crippen LogP contribution in [0.5, 0.6) is 0 Å². The number of aryl methyl sites for hydroxylation is 3. The van der Waals surface area contributed by atoms with Gasteiger partial charge in [-0.15, -0.1) is 0 Å². The number of halogens is 1. The van der Waals surface area contributed by atoms with E-state index in [1.54, 1.807) is 0 Å². The first-order chi connectivity index (χ1) is 7.79. The third-order valence-electron chi connectivity index (χ3n) is 2.61. The van der Waals surface area contributed by atoms with Gasteiger partial charge in [-0.25, -0.2) is 4.98 Å². The van der Waals surface area contributed by atoms with Crippen LogP contribution in [0, 0.1) is 6.92 Å². The summed E-state index contributed by atoms with van der Waals surface area (Å²) in [5, 5.41) is 0.757. The molecular formula is C13H14BrNO. The highest BCUT2D eigenvalue weighted by Crippen LogP contribution is 2.14. The Hall–Kier alpha value is -1.09. The molecule has 0 saturated heterocycles. The van der Waals surface area contributed by atoms with Crippen molar-refractivity contribution in [3.8, 4) is 0 Å². The summed E-state index contributed by atoms with van der Waals surface area (Å²) < 4.78 is 5.36. The molecule has 0 fully saturated rings. The van der Waals surface area contributed by atoms with Crippen molar-refractivity contribution in [2.75, 3.05) is 0 Å². The fraction of sp³-hybridized carbons (Fsp3) is 0.308. The number of oxazole rings is 1. The number of rotatable bonds is 4. The first kappa shape index (κ1) is 11.4. The minimum atomic E-state index is 0.757. The second kappa shape index (κ2) is 5.30. The van der Waals surface area contributed by atoms with E-state index in [-0.39, 0.29) is 0 Å². The Morgan fingerprint density at radius 2 is 1.94 bits per heavy atom. The topological polar surface area (TPSA) is 26.0 Å². The maximum Gasteiger partial charge on any atom is 0.181 e. The van der Waals surface area contributed by atoms with Crippen molar-refractivity contribution >= 4 is 15.9 Å². The quantitative estimate of drug-likeness (QED) is 0.799. The van der Waals surface area contributed by atoms with Crippen LogP contribution in [0.15, 0.2) is 35.1 Å². The highest BCUT2D eigenvalue weighted by Gasteiger charge is 2.06. The van der Waals surface area contributed by atoms with Crippen LogP contribution in [-0.4, -0.2) is 4.98 Å². The Bertz CT molecular complexity index is 447. The van der Waals surface area contributed by atoms with Crippen LogP contribution in [-0.2, 0) is 18.2 Å². The third-order valence-corrected chi connectivity index (χ3v) is 3.14. The van der Waals surface area contributed by atoms with Gasteiger partial charge in [-0.3, -0.25) is 0 Å². The summed E-state index contributed by atoms with van der Waals surface area (Å²) in [5.74, 6) is 0.984. The van der Waals surface area contributed by atoms with E-state index in [2.05, 4.69) is 52.1 Å². The monoisotopic (exact) mass is 279 g/mol. The fourth-order valence-corrected chi connectivity index (χ4v) is 2.08. The molecule has 2 nitrogen and oxygen atoms in total. The molecule has 0 bridgehead atoms. The van der Waals surface area contributed by atoms with Crippen LogP contribution < -0.4 is 0 Å². The van der Waals surface area contributed by atoms with Crippen molar-refractivity contribution in [3.05, 3.63) is 53.2 Å². The van der Waals surface area contributed by atoms with Gasteiger partial charge in [0.25, 0.3) is 0 Å². The zero-order valence-corrected chi connectivity index (χ0v) is 10.8. The molecule has 84 valence electrons. The summed E-state index contributed by atoms with van der Waals surface area (Å²) in [7, 11) is 0. The largest absolute Gasteiger partial charge is 0.448 e. The molecule has 0 radical (unpaired) electrons. The lowest BCUT2D eigenvalue weighted by molar-refractivity contribution is 0.501. The summed E-state index contributed by atoms with van der Waals surface area (Å²) in [6.45, 7) is 2.10. The van der Waals surface area contributed by atoms with Crippen molar-refractivity contribution < 1.29 is 4.42 Å². The molecule has 1 aromatic carbocycles. The van der Waals surface area contributed by atoms with Gasteiger partial charge < -0.3 is 4.42 Å². The zero-order chi connectivity index (χ0) is 11.4. The maximum absolute atomic E-state index is 5.36. The highest BCUT2D eigenvalue weighted by molar-refractivity contribution is 9.08. The van der Waals surface area contributed by atoms with Gasteiger partial charge in [0, 0.05) is 11.8 Å². The molecule has 1 aromatic heterocycles. The van der Waals surface area contributed by atoms with Gasteiger partial charge in [-0.1, -0.05) is 45.8 Å². The molecule has 0 atom stereocenters. The molecule has 3 heteroatoms. The van der Waals surface area contributed by atoms with Crippen LogP contribution in [0.1, 0.15) is 22.6 Å². The number of alkyl halides is 1. The van der Waals surface area contributed by atoms with Crippen molar-refractivity contribution in [3.63, 3.8) is 0 Å². The number of benzene rings is 1. The predicted molar refractivity (Wildman–Crippen MR) is 67.7 cm³/mol. The molecule has 0 amide bonds. The van der Waals surface area contributed by atoms with E-state index in [1.807, 2.05) is 0 Å². The van der Waals surface area contributed by atoms with Gasteiger partial charge in [0.15, 0.2) is 6.39 Å². The van der Waals surface area contributed by atoms with Gasteiger partial charge in [-0.05, 0) is 18.9 Å². The van der Waals surface area contributed by atoms with Gasteiger partial charge >= 0.3 is 0 Å². The average Bonchev–Trinajstić information content (AvgIpc) is 2.76. The second-order valence-electron chi connectivity index (χ2n) is 3.84. The van der Waals surface area contributed by atoms with Crippen LogP contribution in [0.2, 0.25) is 0 Å². The van der Waals surface area contributed by atoms with Gasteiger partial charge in [0.05, 0.1) is 5.69 Å². The minimum Gasteiger partial charge on any atom is -0.448 e. The molecule has 0 aliphatic heterocycles. The van der Waals surface area contributed by atoms with Gasteiger partial charge in [0.1, 0.15) is 5.76 Å². The average molecular weight is 280 g/mol. The summed E-state index contributed by atoms with van der Waals surface area (Å²) in [4.78, 5) is 4.15. The zero-order valence-electron chi connectivity index (χ0n) is 9.24. The number of nitrogens with zero attached hydrogens (tertiary/aromatic N) is 1. The summed E-state index contributed by atoms with van der Waals surface area (Å²) in [5.41, 5.74) is 3.64. The lowest BCUT2D eigenvalue weighted by atomic mass is 10.1. The molecule has 0 spiro atoms. The lowest BCUT2D eigenvalue weighted by Gasteiger charge is -2.01. The van der Waals surface area contributed by atoms with E-state index in [1.165, 1.54) is 17.5 Å². The van der Waals surface area contributed by atoms with Crippen molar-refractivity contribution in [2.24, 2.45) is 0 Å². The summed E-state index contributed by atoms with van der Waals surface area (Å²) in [6, 6.07) is 8.61. The minimum absolute atomic E-state index is 0.757. The number of aromatic nitrogens is 1. The smallest absolute Gasteiger partial charge is 0.181 e. The van der Waals surface area contributed by atoms with Crippen molar-refractivity contribution in [2.45, 2.75) is 25.1 Å². The van der Waals surface area contributed by atoms with E-state index in [9.17, 15) is 0 Å². The summed E-state index contributed by atoms with van der Waals surface area (Å²) in [6.07, 6.45) is 3.42. The maximum atomic E-state index is 5.36. The molecule has 16 heavy (non-hydrogen) atoms. The Labute approximate surface area is 104 Å². The Balaban J connectivity index is 1.99. The van der Waals surface area contributed by atoms with Crippen LogP contribution in [0.3, 0.4) is 0 Å². The van der Waals surface area contributed by atoms with E-state index in [4.69, 9.17) is 4.42 Å². The Morgan fingerprint density at radius 1 is 1.19 bits per heavy atom. The molecular weight excluding hydrogens is 266 g/mol. The molecule has 2 rings (SSSR count). The van der Waals surface area contributed by atoms with E-state index < -0.39 is 0 Å². The van der Waals surface area contributed by atoms with Crippen LogP contribution in [0.4, 0.5) is 0 Å². The van der Waals surface area contributed by atoms with Gasteiger partial charge in [-0.2, -0.15) is 0 Å². The molecule has 0 saturated carbocycles. The first-order valence-electron chi connectivity index (χ1n) is 5.32. The summed E-state index contributed by atoms with van der Waals surface area (Å²) >= 11 is 3.40. The molecule has 0 N–H and O–H groups in total. The van der Waals surface area contributed by atoms with E-state index >= 15 is 0 Å². The standard InChI is InChI=1S/C13H14BrNO/c1-10-2-4-11(5-3-10)6-7-13-12(8-14)15-9-16-13/h2-5,9H,6-8H2,1H3. The molecule has 0 unspecified atom stereocenters. The lowest BCUT2D eigenvalue weighted by Crippen LogP contribution is -1.93. The van der Waals surface area contributed by atoms with Crippen molar-refractivity contribution in [1.82, 2.24) is 4.98 Å².